The van der Waals surface area contributed by atoms with E-state index in [2.05, 4.69) is 10.2 Å². The molecular weight excluding hydrogens is 400 g/mol. The maximum Gasteiger partial charge on any atom is 0.224 e. The highest BCUT2D eigenvalue weighted by Crippen LogP contribution is 2.19. The number of benzene rings is 2. The van der Waals surface area contributed by atoms with E-state index in [-0.39, 0.29) is 5.91 Å². The van der Waals surface area contributed by atoms with Crippen LogP contribution in [0.1, 0.15) is 12.0 Å². The molecule has 3 rings (SSSR count). The normalized spacial score (nSPS) is 10.6. The molecule has 1 N–H and O–H groups in total. The lowest BCUT2D eigenvalue weighted by Crippen LogP contribution is -2.31. The number of carbonyl (C=O) groups is 1. The van der Waals surface area contributed by atoms with Gasteiger partial charge in [-0.15, -0.1) is 0 Å². The van der Waals surface area contributed by atoms with Crippen LogP contribution in [-0.2, 0) is 11.3 Å². The van der Waals surface area contributed by atoms with Crippen LogP contribution in [0.5, 0.6) is 11.5 Å². The van der Waals surface area contributed by atoms with Crippen molar-refractivity contribution in [3.05, 3.63) is 58.9 Å². The van der Waals surface area contributed by atoms with Crippen molar-refractivity contribution in [2.45, 2.75) is 19.9 Å². The van der Waals surface area contributed by atoms with Crippen LogP contribution in [0.4, 0.5) is 0 Å². The van der Waals surface area contributed by atoms with E-state index in [9.17, 15) is 4.79 Å². The molecule has 8 heteroatoms. The summed E-state index contributed by atoms with van der Waals surface area (Å²) in [5.74, 6) is 2.27. The highest BCUT2D eigenvalue weighted by Gasteiger charge is 2.13. The summed E-state index contributed by atoms with van der Waals surface area (Å²) in [5, 5.41) is 7.17. The Morgan fingerprint density at radius 2 is 1.93 bits per heavy atom. The first-order chi connectivity index (χ1) is 14.5. The van der Waals surface area contributed by atoms with Crippen molar-refractivity contribution in [3.8, 4) is 22.9 Å². The summed E-state index contributed by atoms with van der Waals surface area (Å²) >= 11 is 5.36. The Hall–Kier alpha value is -3.13. The summed E-state index contributed by atoms with van der Waals surface area (Å²) in [6.45, 7) is 3.39. The zero-order chi connectivity index (χ0) is 21.5. The van der Waals surface area contributed by atoms with Crippen molar-refractivity contribution in [1.29, 1.82) is 0 Å². The first-order valence-corrected chi connectivity index (χ1v) is 10.1. The van der Waals surface area contributed by atoms with E-state index in [0.717, 1.165) is 28.5 Å². The number of rotatable bonds is 9. The molecule has 0 spiro atoms. The zero-order valence-electron chi connectivity index (χ0n) is 17.4. The van der Waals surface area contributed by atoms with Crippen LogP contribution in [0.25, 0.3) is 11.4 Å². The van der Waals surface area contributed by atoms with Gasteiger partial charge in [0.1, 0.15) is 18.1 Å². The minimum absolute atomic E-state index is 0.0200. The average molecular weight is 427 g/mol. The second kappa shape index (κ2) is 10.1. The van der Waals surface area contributed by atoms with Crippen LogP contribution in [0.15, 0.2) is 48.5 Å². The molecule has 0 bridgehead atoms. The third kappa shape index (κ3) is 5.48. The molecule has 0 radical (unpaired) electrons. The molecule has 1 aromatic heterocycles. The number of hydrogen-bond donors (Lipinski definition) is 1. The minimum atomic E-state index is 0.0200. The molecule has 158 valence electrons. The molecule has 1 heterocycles. The highest BCUT2D eigenvalue weighted by molar-refractivity contribution is 7.71. The molecule has 0 aliphatic carbocycles. The molecule has 0 saturated heterocycles. The fourth-order valence-corrected chi connectivity index (χ4v) is 3.25. The molecule has 0 atom stereocenters. The maximum absolute atomic E-state index is 12.6. The molecule has 7 nitrogen and oxygen atoms in total. The number of likely N-dealkylation sites (N-methyl/N-ethyl adjacent to an activating group) is 1. The number of methoxy groups -OCH3 is 1. The van der Waals surface area contributed by atoms with Crippen molar-refractivity contribution in [2.75, 3.05) is 27.3 Å². The number of nitrogens with one attached hydrogen (secondary N) is 1. The molecule has 3 aromatic rings. The Morgan fingerprint density at radius 3 is 2.63 bits per heavy atom. The summed E-state index contributed by atoms with van der Waals surface area (Å²) in [6.07, 6.45) is 0.325. The smallest absolute Gasteiger partial charge is 0.224 e. The quantitative estimate of drug-likeness (QED) is 0.526. The minimum Gasteiger partial charge on any atom is -0.497 e. The fraction of sp³-hybridized carbons (Fsp3) is 0.318. The number of ether oxygens (including phenoxy) is 2. The van der Waals surface area contributed by atoms with Gasteiger partial charge in [-0.2, -0.15) is 5.10 Å². The van der Waals surface area contributed by atoms with E-state index in [1.807, 2.05) is 60.0 Å². The van der Waals surface area contributed by atoms with Gasteiger partial charge in [0, 0.05) is 25.6 Å². The second-order valence-electron chi connectivity index (χ2n) is 6.96. The van der Waals surface area contributed by atoms with Crippen LogP contribution in [0.3, 0.4) is 0 Å². The van der Waals surface area contributed by atoms with Crippen LogP contribution < -0.4 is 9.47 Å². The van der Waals surface area contributed by atoms with Gasteiger partial charge in [-0.1, -0.05) is 23.8 Å². The number of aromatic nitrogens is 3. The molecule has 30 heavy (non-hydrogen) atoms. The van der Waals surface area contributed by atoms with E-state index >= 15 is 0 Å². The molecule has 1 amide bonds. The molecule has 0 saturated carbocycles. The highest BCUT2D eigenvalue weighted by atomic mass is 32.1. The lowest BCUT2D eigenvalue weighted by atomic mass is 10.1. The molecule has 0 fully saturated rings. The third-order valence-electron chi connectivity index (χ3n) is 4.76. The molecular formula is C22H26N4O3S. The van der Waals surface area contributed by atoms with E-state index in [1.165, 1.54) is 0 Å². The number of H-pyrrole nitrogens is 1. The van der Waals surface area contributed by atoms with Gasteiger partial charge < -0.3 is 14.4 Å². The van der Waals surface area contributed by atoms with E-state index < -0.39 is 0 Å². The Morgan fingerprint density at radius 1 is 1.20 bits per heavy atom. The van der Waals surface area contributed by atoms with E-state index in [1.54, 1.807) is 19.1 Å². The second-order valence-corrected chi connectivity index (χ2v) is 7.35. The zero-order valence-corrected chi connectivity index (χ0v) is 18.2. The van der Waals surface area contributed by atoms with Gasteiger partial charge in [-0.3, -0.25) is 14.5 Å². The topological polar surface area (TPSA) is 72.4 Å². The summed E-state index contributed by atoms with van der Waals surface area (Å²) in [7, 11) is 3.40. The molecule has 0 unspecified atom stereocenters. The van der Waals surface area contributed by atoms with Crippen LogP contribution >= 0.6 is 12.2 Å². The monoisotopic (exact) mass is 426 g/mol. The Kier molecular flexibility index (Phi) is 7.24. The van der Waals surface area contributed by atoms with E-state index in [0.29, 0.717) is 30.9 Å². The Bertz CT molecular complexity index is 1040. The lowest BCUT2D eigenvalue weighted by molar-refractivity contribution is -0.130. The van der Waals surface area contributed by atoms with Crippen LogP contribution in [0, 0.1) is 11.7 Å². The number of aromatic amines is 1. The first kappa shape index (κ1) is 21.6. The van der Waals surface area contributed by atoms with Gasteiger partial charge in [0.2, 0.25) is 5.91 Å². The predicted octanol–water partition coefficient (Wildman–Crippen LogP) is 3.85. The van der Waals surface area contributed by atoms with Gasteiger partial charge in [-0.25, -0.2) is 0 Å². The summed E-state index contributed by atoms with van der Waals surface area (Å²) in [6, 6.07) is 15.4. The predicted molar refractivity (Wildman–Crippen MR) is 118 cm³/mol. The van der Waals surface area contributed by atoms with Crippen LogP contribution in [0.2, 0.25) is 0 Å². The molecule has 0 aliphatic rings. The number of aryl methyl sites for hydroxylation is 1. The maximum atomic E-state index is 12.6. The number of nitrogens with zero attached hydrogens (tertiary/aromatic N) is 3. The first-order valence-electron chi connectivity index (χ1n) is 9.71. The number of carbonyl (C=O) groups excluding carboxylic acids is 1. The van der Waals surface area contributed by atoms with Gasteiger partial charge in [0.05, 0.1) is 13.7 Å². The van der Waals surface area contributed by atoms with Crippen LogP contribution in [-0.4, -0.2) is 52.9 Å². The SMILES string of the molecule is COc1ccc(OCCN(C)C(=O)CCn2c(-c3cccc(C)c3)n[nH]c2=S)cc1. The Balaban J connectivity index is 1.52. The third-order valence-corrected chi connectivity index (χ3v) is 5.08. The van der Waals surface area contributed by atoms with Gasteiger partial charge in [0.15, 0.2) is 10.6 Å². The standard InChI is InChI=1S/C22H26N4O3S/c1-16-5-4-6-17(15-16)21-23-24-22(30)26(21)12-11-20(27)25(2)13-14-29-19-9-7-18(28-3)8-10-19/h4-10,15H,11-14H2,1-3H3,(H,24,30). The summed E-state index contributed by atoms with van der Waals surface area (Å²) in [5.41, 5.74) is 2.11. The van der Waals surface area contributed by atoms with Crippen molar-refractivity contribution in [3.63, 3.8) is 0 Å². The summed E-state index contributed by atoms with van der Waals surface area (Å²) < 4.78 is 13.2. The largest absolute Gasteiger partial charge is 0.497 e. The number of hydrogen-bond acceptors (Lipinski definition) is 5. The van der Waals surface area contributed by atoms with E-state index in [4.69, 9.17) is 21.7 Å². The Labute approximate surface area is 181 Å². The summed E-state index contributed by atoms with van der Waals surface area (Å²) in [4.78, 5) is 14.2. The van der Waals surface area contributed by atoms with Gasteiger partial charge >= 0.3 is 0 Å². The van der Waals surface area contributed by atoms with Crippen molar-refractivity contribution < 1.29 is 14.3 Å². The molecule has 2 aromatic carbocycles. The van der Waals surface area contributed by atoms with Crippen molar-refractivity contribution in [2.24, 2.45) is 0 Å². The molecule has 0 aliphatic heterocycles. The number of amides is 1. The van der Waals surface area contributed by atoms with Gasteiger partial charge in [0.25, 0.3) is 0 Å². The fourth-order valence-electron chi connectivity index (χ4n) is 3.03. The van der Waals surface area contributed by atoms with Crippen molar-refractivity contribution in [1.82, 2.24) is 19.7 Å². The lowest BCUT2D eigenvalue weighted by Gasteiger charge is -2.18. The van der Waals surface area contributed by atoms with Gasteiger partial charge in [-0.05, 0) is 49.5 Å². The average Bonchev–Trinajstić information content (AvgIpc) is 3.12. The van der Waals surface area contributed by atoms with Crippen molar-refractivity contribution >= 4 is 18.1 Å².